The summed E-state index contributed by atoms with van der Waals surface area (Å²) >= 11 is 0. The Balaban J connectivity index is 2.00. The molecule has 0 bridgehead atoms. The van der Waals surface area contributed by atoms with Crippen LogP contribution >= 0.6 is 0 Å². The van der Waals surface area contributed by atoms with Crippen molar-refractivity contribution in [1.82, 2.24) is 9.97 Å². The number of nitrogens with zero attached hydrogens (tertiary/aromatic N) is 2. The van der Waals surface area contributed by atoms with Crippen LogP contribution < -0.4 is 10.1 Å². The van der Waals surface area contributed by atoms with Gasteiger partial charge in [-0.05, 0) is 32.1 Å². The first-order valence-electron chi connectivity index (χ1n) is 7.33. The minimum absolute atomic E-state index is 0.404. The first kappa shape index (κ1) is 14.1. The van der Waals surface area contributed by atoms with Gasteiger partial charge < -0.3 is 10.1 Å². The molecule has 1 aromatic heterocycles. The lowest BCUT2D eigenvalue weighted by atomic mass is 9.76. The highest BCUT2D eigenvalue weighted by Gasteiger charge is 2.26. The monoisotopic (exact) mass is 263 g/mol. The van der Waals surface area contributed by atoms with E-state index in [9.17, 15) is 0 Å². The SMILES string of the molecule is CCOc1ncnc(NCC2(C)CCCCC2)c1C. The fourth-order valence-electron chi connectivity index (χ4n) is 2.77. The second-order valence-electron chi connectivity index (χ2n) is 5.81. The Labute approximate surface area is 116 Å². The molecule has 0 radical (unpaired) electrons. The topological polar surface area (TPSA) is 47.0 Å². The lowest BCUT2D eigenvalue weighted by Gasteiger charge is -2.34. The minimum atomic E-state index is 0.404. The Hall–Kier alpha value is -1.32. The van der Waals surface area contributed by atoms with Crippen molar-refractivity contribution in [2.75, 3.05) is 18.5 Å². The van der Waals surface area contributed by atoms with Crippen LogP contribution in [0.1, 0.15) is 51.5 Å². The number of anilines is 1. The molecule has 4 nitrogen and oxygen atoms in total. The molecule has 0 unspecified atom stereocenters. The average Bonchev–Trinajstić information content (AvgIpc) is 2.41. The van der Waals surface area contributed by atoms with Gasteiger partial charge in [0.2, 0.25) is 5.88 Å². The first-order valence-corrected chi connectivity index (χ1v) is 7.33. The summed E-state index contributed by atoms with van der Waals surface area (Å²) in [6.07, 6.45) is 8.28. The van der Waals surface area contributed by atoms with Crippen molar-refractivity contribution in [3.63, 3.8) is 0 Å². The summed E-state index contributed by atoms with van der Waals surface area (Å²) in [6.45, 7) is 7.97. The highest BCUT2D eigenvalue weighted by molar-refractivity contribution is 5.47. The molecule has 1 saturated carbocycles. The second kappa shape index (κ2) is 6.22. The van der Waals surface area contributed by atoms with Crippen LogP contribution in [0.2, 0.25) is 0 Å². The summed E-state index contributed by atoms with van der Waals surface area (Å²) in [5.74, 6) is 1.60. The highest BCUT2D eigenvalue weighted by Crippen LogP contribution is 2.36. The predicted octanol–water partition coefficient (Wildman–Crippen LogP) is 3.57. The van der Waals surface area contributed by atoms with Crippen molar-refractivity contribution in [2.24, 2.45) is 5.41 Å². The summed E-state index contributed by atoms with van der Waals surface area (Å²) in [7, 11) is 0. The van der Waals surface area contributed by atoms with Gasteiger partial charge in [0.15, 0.2) is 0 Å². The molecule has 4 heteroatoms. The summed E-state index contributed by atoms with van der Waals surface area (Å²) < 4.78 is 5.50. The third kappa shape index (κ3) is 3.58. The van der Waals surface area contributed by atoms with Gasteiger partial charge in [-0.2, -0.15) is 0 Å². The summed E-state index contributed by atoms with van der Waals surface area (Å²) in [5, 5.41) is 3.49. The predicted molar refractivity (Wildman–Crippen MR) is 77.6 cm³/mol. The van der Waals surface area contributed by atoms with Crippen molar-refractivity contribution in [2.45, 2.75) is 52.9 Å². The van der Waals surface area contributed by atoms with Gasteiger partial charge in [0.25, 0.3) is 0 Å². The van der Waals surface area contributed by atoms with Crippen molar-refractivity contribution >= 4 is 5.82 Å². The zero-order chi connectivity index (χ0) is 13.7. The van der Waals surface area contributed by atoms with E-state index < -0.39 is 0 Å². The third-order valence-corrected chi connectivity index (χ3v) is 4.06. The average molecular weight is 263 g/mol. The summed E-state index contributed by atoms with van der Waals surface area (Å²) in [5.41, 5.74) is 1.41. The van der Waals surface area contributed by atoms with Gasteiger partial charge >= 0.3 is 0 Å². The molecule has 2 rings (SSSR count). The van der Waals surface area contributed by atoms with Crippen LogP contribution in [0.25, 0.3) is 0 Å². The zero-order valence-electron chi connectivity index (χ0n) is 12.3. The van der Waals surface area contributed by atoms with Crippen LogP contribution in [0.5, 0.6) is 5.88 Å². The van der Waals surface area contributed by atoms with E-state index >= 15 is 0 Å². The van der Waals surface area contributed by atoms with Crippen LogP contribution in [0.15, 0.2) is 6.33 Å². The Morgan fingerprint density at radius 3 is 2.68 bits per heavy atom. The zero-order valence-corrected chi connectivity index (χ0v) is 12.3. The molecule has 106 valence electrons. The fraction of sp³-hybridized carbons (Fsp3) is 0.733. The van der Waals surface area contributed by atoms with Gasteiger partial charge in [-0.3, -0.25) is 0 Å². The van der Waals surface area contributed by atoms with Crippen LogP contribution in [0, 0.1) is 12.3 Å². The van der Waals surface area contributed by atoms with E-state index in [-0.39, 0.29) is 0 Å². The molecule has 1 N–H and O–H groups in total. The standard InChI is InChI=1S/C15H25N3O/c1-4-19-14-12(2)13(17-11-18-14)16-10-15(3)8-6-5-7-9-15/h11H,4-10H2,1-3H3,(H,16,17,18). The lowest BCUT2D eigenvalue weighted by molar-refractivity contribution is 0.233. The van der Waals surface area contributed by atoms with Crippen molar-refractivity contribution in [1.29, 1.82) is 0 Å². The van der Waals surface area contributed by atoms with Gasteiger partial charge in [-0.25, -0.2) is 9.97 Å². The maximum Gasteiger partial charge on any atom is 0.221 e. The minimum Gasteiger partial charge on any atom is -0.478 e. The maximum atomic E-state index is 5.50. The van der Waals surface area contributed by atoms with E-state index in [1.54, 1.807) is 6.33 Å². The Morgan fingerprint density at radius 2 is 2.00 bits per heavy atom. The molecule has 0 aliphatic heterocycles. The Kier molecular flexibility index (Phi) is 4.61. The van der Waals surface area contributed by atoms with Crippen LogP contribution in [-0.2, 0) is 0 Å². The summed E-state index contributed by atoms with van der Waals surface area (Å²) in [4.78, 5) is 8.50. The molecule has 1 aliphatic carbocycles. The fourth-order valence-corrected chi connectivity index (χ4v) is 2.77. The van der Waals surface area contributed by atoms with Gasteiger partial charge in [-0.15, -0.1) is 0 Å². The van der Waals surface area contributed by atoms with E-state index in [0.717, 1.165) is 17.9 Å². The largest absolute Gasteiger partial charge is 0.478 e. The van der Waals surface area contributed by atoms with Crippen molar-refractivity contribution < 1.29 is 4.74 Å². The molecular weight excluding hydrogens is 238 g/mol. The van der Waals surface area contributed by atoms with E-state index in [4.69, 9.17) is 4.74 Å². The van der Waals surface area contributed by atoms with E-state index in [0.29, 0.717) is 17.9 Å². The molecule has 1 fully saturated rings. The van der Waals surface area contributed by atoms with Gasteiger partial charge in [0.05, 0.1) is 12.2 Å². The van der Waals surface area contributed by atoms with Gasteiger partial charge in [0.1, 0.15) is 12.1 Å². The second-order valence-corrected chi connectivity index (χ2v) is 5.81. The van der Waals surface area contributed by atoms with Gasteiger partial charge in [-0.1, -0.05) is 26.2 Å². The van der Waals surface area contributed by atoms with E-state index in [1.807, 2.05) is 13.8 Å². The molecule has 1 heterocycles. The quantitative estimate of drug-likeness (QED) is 0.882. The van der Waals surface area contributed by atoms with Gasteiger partial charge in [0, 0.05) is 6.54 Å². The third-order valence-electron chi connectivity index (χ3n) is 4.06. The summed E-state index contributed by atoms with van der Waals surface area (Å²) in [6, 6.07) is 0. The smallest absolute Gasteiger partial charge is 0.221 e. The van der Waals surface area contributed by atoms with Crippen LogP contribution in [-0.4, -0.2) is 23.1 Å². The van der Waals surface area contributed by atoms with E-state index in [1.165, 1.54) is 32.1 Å². The van der Waals surface area contributed by atoms with Crippen LogP contribution in [0.3, 0.4) is 0 Å². The molecule has 0 saturated heterocycles. The number of nitrogens with one attached hydrogen (secondary N) is 1. The number of rotatable bonds is 5. The molecule has 0 atom stereocenters. The molecule has 1 aromatic rings. The Bertz CT molecular complexity index is 414. The number of hydrogen-bond donors (Lipinski definition) is 1. The number of aromatic nitrogens is 2. The van der Waals surface area contributed by atoms with Crippen LogP contribution in [0.4, 0.5) is 5.82 Å². The van der Waals surface area contributed by atoms with Crippen molar-refractivity contribution in [3.05, 3.63) is 11.9 Å². The first-order chi connectivity index (χ1) is 9.14. The molecule has 19 heavy (non-hydrogen) atoms. The molecule has 0 spiro atoms. The molecule has 0 amide bonds. The molecular formula is C15H25N3O. The molecule has 1 aliphatic rings. The van der Waals surface area contributed by atoms with E-state index in [2.05, 4.69) is 22.2 Å². The highest BCUT2D eigenvalue weighted by atomic mass is 16.5. The lowest BCUT2D eigenvalue weighted by Crippen LogP contribution is -2.29. The van der Waals surface area contributed by atoms with Crippen molar-refractivity contribution in [3.8, 4) is 5.88 Å². The number of ether oxygens (including phenoxy) is 1. The maximum absolute atomic E-state index is 5.50. The number of hydrogen-bond acceptors (Lipinski definition) is 4. The normalized spacial score (nSPS) is 18.1. The molecule has 0 aromatic carbocycles. The Morgan fingerprint density at radius 1 is 1.26 bits per heavy atom.